The molecule has 2 aromatic rings. The van der Waals surface area contributed by atoms with Gasteiger partial charge >= 0.3 is 6.03 Å². The number of rotatable bonds is 3. The minimum atomic E-state index is -0.248. The molecule has 0 saturated carbocycles. The predicted molar refractivity (Wildman–Crippen MR) is 96.6 cm³/mol. The fourth-order valence-electron chi connectivity index (χ4n) is 3.11. The van der Waals surface area contributed by atoms with Crippen LogP contribution in [0.15, 0.2) is 42.6 Å². The van der Waals surface area contributed by atoms with Crippen LogP contribution < -0.4 is 10.6 Å². The molecule has 25 heavy (non-hydrogen) atoms. The summed E-state index contributed by atoms with van der Waals surface area (Å²) in [5.74, 6) is -0.0976. The van der Waals surface area contributed by atoms with Crippen molar-refractivity contribution >= 4 is 17.6 Å². The number of aryl methyl sites for hydroxylation is 2. The molecule has 1 aliphatic heterocycles. The van der Waals surface area contributed by atoms with E-state index >= 15 is 0 Å². The summed E-state index contributed by atoms with van der Waals surface area (Å²) in [4.78, 5) is 30.4. The molecule has 0 bridgehead atoms. The lowest BCUT2D eigenvalue weighted by Gasteiger charge is -2.17. The van der Waals surface area contributed by atoms with Gasteiger partial charge < -0.3 is 15.5 Å². The number of benzene rings is 1. The quantitative estimate of drug-likeness (QED) is 0.904. The molecule has 1 atom stereocenters. The van der Waals surface area contributed by atoms with E-state index in [2.05, 4.69) is 21.7 Å². The van der Waals surface area contributed by atoms with Gasteiger partial charge in [0.2, 0.25) is 0 Å². The Bertz CT molecular complexity index is 756. The largest absolute Gasteiger partial charge is 0.335 e. The number of hydrogen-bond donors (Lipinski definition) is 2. The van der Waals surface area contributed by atoms with Gasteiger partial charge in [0.1, 0.15) is 5.69 Å². The number of carbonyl (C=O) groups excluding carboxylic acids is 2. The molecule has 0 radical (unpaired) electrons. The van der Waals surface area contributed by atoms with Crippen LogP contribution in [0.2, 0.25) is 0 Å². The summed E-state index contributed by atoms with van der Waals surface area (Å²) in [6.45, 7) is 5.10. The maximum absolute atomic E-state index is 12.4. The van der Waals surface area contributed by atoms with E-state index in [9.17, 15) is 9.59 Å². The van der Waals surface area contributed by atoms with Crippen molar-refractivity contribution in [3.8, 4) is 0 Å². The maximum atomic E-state index is 12.4. The Labute approximate surface area is 147 Å². The molecule has 0 unspecified atom stereocenters. The van der Waals surface area contributed by atoms with E-state index in [1.807, 2.05) is 26.0 Å². The van der Waals surface area contributed by atoms with Gasteiger partial charge in [0.15, 0.2) is 0 Å². The molecule has 1 aliphatic rings. The van der Waals surface area contributed by atoms with Crippen LogP contribution in [0.3, 0.4) is 0 Å². The first-order valence-electron chi connectivity index (χ1n) is 8.37. The molecule has 1 aromatic carbocycles. The number of pyridine rings is 1. The fourth-order valence-corrected chi connectivity index (χ4v) is 3.11. The lowest BCUT2D eigenvalue weighted by atomic mass is 10.1. The minimum Gasteiger partial charge on any atom is -0.335 e. The Morgan fingerprint density at radius 1 is 1.16 bits per heavy atom. The normalized spacial score (nSPS) is 16.6. The maximum Gasteiger partial charge on any atom is 0.319 e. The number of likely N-dealkylation sites (tertiary alicyclic amines) is 1. The summed E-state index contributed by atoms with van der Waals surface area (Å²) in [6.07, 6.45) is 2.34. The molecule has 3 rings (SSSR count). The van der Waals surface area contributed by atoms with Gasteiger partial charge in [-0.2, -0.15) is 0 Å². The standard InChI is InChI=1S/C19H22N4O2/c1-13-9-14(2)11-16(10-13)22-19(25)21-15-6-8-23(12-15)18(24)17-5-3-4-7-20-17/h3-5,7,9-11,15H,6,8,12H2,1-2H3,(H2,21,22,25)/t15-/m0/s1. The van der Waals surface area contributed by atoms with Crippen molar-refractivity contribution in [2.45, 2.75) is 26.3 Å². The van der Waals surface area contributed by atoms with Gasteiger partial charge in [-0.25, -0.2) is 4.79 Å². The Morgan fingerprint density at radius 2 is 1.92 bits per heavy atom. The van der Waals surface area contributed by atoms with E-state index in [-0.39, 0.29) is 18.0 Å². The van der Waals surface area contributed by atoms with Gasteiger partial charge in [0, 0.05) is 31.0 Å². The van der Waals surface area contributed by atoms with Gasteiger partial charge in [0.25, 0.3) is 5.91 Å². The van der Waals surface area contributed by atoms with Gasteiger partial charge in [-0.15, -0.1) is 0 Å². The van der Waals surface area contributed by atoms with Crippen molar-refractivity contribution in [3.05, 3.63) is 59.4 Å². The van der Waals surface area contributed by atoms with Crippen molar-refractivity contribution in [1.29, 1.82) is 0 Å². The molecule has 1 saturated heterocycles. The number of hydrogen-bond acceptors (Lipinski definition) is 3. The lowest BCUT2D eigenvalue weighted by Crippen LogP contribution is -2.40. The summed E-state index contributed by atoms with van der Waals surface area (Å²) in [5.41, 5.74) is 3.41. The number of anilines is 1. The number of nitrogens with zero attached hydrogens (tertiary/aromatic N) is 2. The highest BCUT2D eigenvalue weighted by atomic mass is 16.2. The number of amides is 3. The highest BCUT2D eigenvalue weighted by Gasteiger charge is 2.28. The Hall–Kier alpha value is -2.89. The topological polar surface area (TPSA) is 74.3 Å². The SMILES string of the molecule is Cc1cc(C)cc(NC(=O)N[C@H]2CCN(C(=O)c3ccccn3)C2)c1. The molecular formula is C19H22N4O2. The van der Waals surface area contributed by atoms with Crippen molar-refractivity contribution in [3.63, 3.8) is 0 Å². The third-order valence-corrected chi connectivity index (χ3v) is 4.17. The third kappa shape index (κ3) is 4.35. The lowest BCUT2D eigenvalue weighted by molar-refractivity contribution is 0.0783. The van der Waals surface area contributed by atoms with Gasteiger partial charge in [-0.05, 0) is 55.7 Å². The van der Waals surface area contributed by atoms with Crippen molar-refractivity contribution < 1.29 is 9.59 Å². The Balaban J connectivity index is 1.54. The van der Waals surface area contributed by atoms with Crippen molar-refractivity contribution in [2.24, 2.45) is 0 Å². The van der Waals surface area contributed by atoms with Crippen LogP contribution in [-0.4, -0.2) is 41.0 Å². The molecular weight excluding hydrogens is 316 g/mol. The molecule has 2 heterocycles. The number of carbonyl (C=O) groups is 2. The highest BCUT2D eigenvalue weighted by molar-refractivity contribution is 5.93. The van der Waals surface area contributed by atoms with Gasteiger partial charge in [0.05, 0.1) is 0 Å². The zero-order valence-corrected chi connectivity index (χ0v) is 14.5. The second-order valence-corrected chi connectivity index (χ2v) is 6.43. The van der Waals surface area contributed by atoms with E-state index in [1.54, 1.807) is 29.3 Å². The zero-order valence-electron chi connectivity index (χ0n) is 14.5. The first-order chi connectivity index (χ1) is 12.0. The van der Waals surface area contributed by atoms with Crippen molar-refractivity contribution in [1.82, 2.24) is 15.2 Å². The van der Waals surface area contributed by atoms with Gasteiger partial charge in [-0.1, -0.05) is 12.1 Å². The first kappa shape index (κ1) is 17.0. The Kier molecular flexibility index (Phi) is 4.97. The second kappa shape index (κ2) is 7.34. The van der Waals surface area contributed by atoms with Crippen LogP contribution in [0.25, 0.3) is 0 Å². The molecule has 1 fully saturated rings. The van der Waals surface area contributed by atoms with Gasteiger partial charge in [-0.3, -0.25) is 9.78 Å². The fraction of sp³-hybridized carbons (Fsp3) is 0.316. The van der Waals surface area contributed by atoms with Crippen LogP contribution in [0.4, 0.5) is 10.5 Å². The van der Waals surface area contributed by atoms with E-state index < -0.39 is 0 Å². The summed E-state index contributed by atoms with van der Waals surface area (Å²) in [7, 11) is 0. The average Bonchev–Trinajstić information content (AvgIpc) is 3.02. The molecule has 130 valence electrons. The molecule has 3 amide bonds. The molecule has 0 aliphatic carbocycles. The summed E-state index contributed by atoms with van der Waals surface area (Å²) < 4.78 is 0. The number of nitrogens with one attached hydrogen (secondary N) is 2. The monoisotopic (exact) mass is 338 g/mol. The summed E-state index contributed by atoms with van der Waals surface area (Å²) in [5, 5.41) is 5.80. The number of urea groups is 1. The molecule has 6 nitrogen and oxygen atoms in total. The van der Waals surface area contributed by atoms with E-state index in [4.69, 9.17) is 0 Å². The van der Waals surface area contributed by atoms with Crippen LogP contribution in [0, 0.1) is 13.8 Å². The van der Waals surface area contributed by atoms with Crippen molar-refractivity contribution in [2.75, 3.05) is 18.4 Å². The zero-order chi connectivity index (χ0) is 17.8. The average molecular weight is 338 g/mol. The van der Waals surface area contributed by atoms with E-state index in [0.29, 0.717) is 18.8 Å². The first-order valence-corrected chi connectivity index (χ1v) is 8.37. The molecule has 1 aromatic heterocycles. The highest BCUT2D eigenvalue weighted by Crippen LogP contribution is 2.15. The van der Waals surface area contributed by atoms with Crippen LogP contribution in [0.1, 0.15) is 28.0 Å². The van der Waals surface area contributed by atoms with Crippen LogP contribution >= 0.6 is 0 Å². The molecule has 2 N–H and O–H groups in total. The minimum absolute atomic E-state index is 0.0569. The summed E-state index contributed by atoms with van der Waals surface area (Å²) in [6, 6.07) is 10.9. The Morgan fingerprint density at radius 3 is 2.60 bits per heavy atom. The van der Waals surface area contributed by atoms with Crippen LogP contribution in [0.5, 0.6) is 0 Å². The van der Waals surface area contributed by atoms with E-state index in [0.717, 1.165) is 23.2 Å². The molecule has 0 spiro atoms. The summed E-state index contributed by atoms with van der Waals surface area (Å²) >= 11 is 0. The smallest absolute Gasteiger partial charge is 0.319 e. The second-order valence-electron chi connectivity index (χ2n) is 6.43. The number of aromatic nitrogens is 1. The molecule has 6 heteroatoms. The predicted octanol–water partition coefficient (Wildman–Crippen LogP) is 2.73. The third-order valence-electron chi connectivity index (χ3n) is 4.17. The van der Waals surface area contributed by atoms with Crippen LogP contribution in [-0.2, 0) is 0 Å². The van der Waals surface area contributed by atoms with E-state index in [1.165, 1.54) is 0 Å².